The van der Waals surface area contributed by atoms with Gasteiger partial charge in [0.2, 0.25) is 10.0 Å². The summed E-state index contributed by atoms with van der Waals surface area (Å²) in [7, 11) is -3.97. The summed E-state index contributed by atoms with van der Waals surface area (Å²) in [5.41, 5.74) is 0. The van der Waals surface area contributed by atoms with E-state index in [0.717, 1.165) is 18.2 Å². The zero-order chi connectivity index (χ0) is 15.7. The summed E-state index contributed by atoms with van der Waals surface area (Å²) < 4.78 is 53.3. The van der Waals surface area contributed by atoms with Gasteiger partial charge in [0.25, 0.3) is 0 Å². The molecule has 2 fully saturated rings. The third-order valence-corrected chi connectivity index (χ3v) is 6.54. The SMILES string of the molecule is O=S(=O)(c1cc(F)ccc1F)N1CCN(C2CCCC2)CC1. The average molecular weight is 330 g/mol. The molecule has 0 aromatic heterocycles. The highest BCUT2D eigenvalue weighted by Gasteiger charge is 2.33. The second-order valence-electron chi connectivity index (χ2n) is 5.95. The molecule has 0 N–H and O–H groups in total. The predicted molar refractivity (Wildman–Crippen MR) is 78.9 cm³/mol. The van der Waals surface area contributed by atoms with Crippen molar-refractivity contribution in [1.82, 2.24) is 9.21 Å². The molecule has 22 heavy (non-hydrogen) atoms. The lowest BCUT2D eigenvalue weighted by Crippen LogP contribution is -2.51. The molecule has 0 spiro atoms. The lowest BCUT2D eigenvalue weighted by atomic mass is 10.2. The van der Waals surface area contributed by atoms with Gasteiger partial charge in [-0.2, -0.15) is 4.31 Å². The Labute approximate surface area is 129 Å². The molecule has 122 valence electrons. The zero-order valence-corrected chi connectivity index (χ0v) is 13.2. The summed E-state index contributed by atoms with van der Waals surface area (Å²) in [4.78, 5) is 1.75. The van der Waals surface area contributed by atoms with Gasteiger partial charge in [-0.15, -0.1) is 0 Å². The van der Waals surface area contributed by atoms with Crippen LogP contribution in [-0.2, 0) is 10.0 Å². The van der Waals surface area contributed by atoms with E-state index in [2.05, 4.69) is 4.90 Å². The standard InChI is InChI=1S/C15H20F2N2O2S/c16-12-5-6-14(17)15(11-12)22(20,21)19-9-7-18(8-10-19)13-3-1-2-4-13/h5-6,11,13H,1-4,7-10H2. The van der Waals surface area contributed by atoms with Crippen molar-refractivity contribution in [3.05, 3.63) is 29.8 Å². The Morgan fingerprint density at radius 3 is 2.27 bits per heavy atom. The summed E-state index contributed by atoms with van der Waals surface area (Å²) in [5.74, 6) is -1.65. The molecule has 1 aliphatic heterocycles. The van der Waals surface area contributed by atoms with E-state index in [4.69, 9.17) is 0 Å². The minimum atomic E-state index is -3.97. The minimum absolute atomic E-state index is 0.328. The maximum atomic E-state index is 13.8. The van der Waals surface area contributed by atoms with E-state index in [0.29, 0.717) is 32.2 Å². The molecule has 0 unspecified atom stereocenters. The molecule has 0 amide bonds. The lowest BCUT2D eigenvalue weighted by Gasteiger charge is -2.37. The van der Waals surface area contributed by atoms with E-state index >= 15 is 0 Å². The first-order valence-electron chi connectivity index (χ1n) is 7.68. The van der Waals surface area contributed by atoms with Gasteiger partial charge in [-0.05, 0) is 31.0 Å². The summed E-state index contributed by atoms with van der Waals surface area (Å²) >= 11 is 0. The second-order valence-corrected chi connectivity index (χ2v) is 7.86. The number of sulfonamides is 1. The molecule has 7 heteroatoms. The molecule has 0 bridgehead atoms. The maximum Gasteiger partial charge on any atom is 0.246 e. The van der Waals surface area contributed by atoms with Gasteiger partial charge in [0.05, 0.1) is 0 Å². The number of piperazine rings is 1. The van der Waals surface area contributed by atoms with Crippen molar-refractivity contribution in [2.75, 3.05) is 26.2 Å². The van der Waals surface area contributed by atoms with Gasteiger partial charge in [0, 0.05) is 32.2 Å². The van der Waals surface area contributed by atoms with E-state index in [-0.39, 0.29) is 0 Å². The summed E-state index contributed by atoms with van der Waals surface area (Å²) in [5, 5.41) is 0. The highest BCUT2D eigenvalue weighted by Crippen LogP contribution is 2.26. The Kier molecular flexibility index (Phi) is 4.47. The van der Waals surface area contributed by atoms with Crippen LogP contribution in [0.5, 0.6) is 0 Å². The average Bonchev–Trinajstić information content (AvgIpc) is 3.04. The van der Waals surface area contributed by atoms with E-state index in [1.165, 1.54) is 30.0 Å². The number of rotatable bonds is 3. The number of hydrogen-bond acceptors (Lipinski definition) is 3. The van der Waals surface area contributed by atoms with Crippen molar-refractivity contribution in [2.45, 2.75) is 36.6 Å². The van der Waals surface area contributed by atoms with Crippen LogP contribution in [0.2, 0.25) is 0 Å². The quantitative estimate of drug-likeness (QED) is 0.853. The van der Waals surface area contributed by atoms with Gasteiger partial charge in [-0.25, -0.2) is 17.2 Å². The summed E-state index contributed by atoms with van der Waals surface area (Å²) in [6.45, 7) is 1.96. The fourth-order valence-electron chi connectivity index (χ4n) is 3.39. The number of halogens is 2. The van der Waals surface area contributed by atoms with Crippen LogP contribution >= 0.6 is 0 Å². The molecule has 1 aromatic rings. The Balaban J connectivity index is 1.73. The first kappa shape index (κ1) is 15.8. The smallest absolute Gasteiger partial charge is 0.246 e. The lowest BCUT2D eigenvalue weighted by molar-refractivity contribution is 0.138. The van der Waals surface area contributed by atoms with E-state index in [1.807, 2.05) is 0 Å². The van der Waals surface area contributed by atoms with Crippen LogP contribution < -0.4 is 0 Å². The van der Waals surface area contributed by atoms with Crippen LogP contribution in [0.25, 0.3) is 0 Å². The molecule has 1 aliphatic carbocycles. The molecule has 1 saturated heterocycles. The topological polar surface area (TPSA) is 40.6 Å². The monoisotopic (exact) mass is 330 g/mol. The molecule has 0 atom stereocenters. The fourth-order valence-corrected chi connectivity index (χ4v) is 4.89. The predicted octanol–water partition coefficient (Wildman–Crippen LogP) is 2.21. The number of nitrogens with zero attached hydrogens (tertiary/aromatic N) is 2. The van der Waals surface area contributed by atoms with Crippen LogP contribution in [0.4, 0.5) is 8.78 Å². The Morgan fingerprint density at radius 1 is 1.00 bits per heavy atom. The fraction of sp³-hybridized carbons (Fsp3) is 0.600. The van der Waals surface area contributed by atoms with Crippen molar-refractivity contribution in [1.29, 1.82) is 0 Å². The minimum Gasteiger partial charge on any atom is -0.298 e. The van der Waals surface area contributed by atoms with Crippen LogP contribution in [0.15, 0.2) is 23.1 Å². The molecule has 3 rings (SSSR count). The molecule has 1 aromatic carbocycles. The molecular weight excluding hydrogens is 310 g/mol. The Hall–Kier alpha value is -1.05. The van der Waals surface area contributed by atoms with Crippen molar-refractivity contribution in [3.8, 4) is 0 Å². The van der Waals surface area contributed by atoms with E-state index < -0.39 is 26.6 Å². The van der Waals surface area contributed by atoms with Gasteiger partial charge >= 0.3 is 0 Å². The van der Waals surface area contributed by atoms with Crippen molar-refractivity contribution in [2.24, 2.45) is 0 Å². The van der Waals surface area contributed by atoms with Gasteiger partial charge in [-0.1, -0.05) is 12.8 Å². The van der Waals surface area contributed by atoms with E-state index in [1.54, 1.807) is 0 Å². The second kappa shape index (κ2) is 6.22. The van der Waals surface area contributed by atoms with Crippen LogP contribution in [0.1, 0.15) is 25.7 Å². The van der Waals surface area contributed by atoms with Crippen LogP contribution in [-0.4, -0.2) is 49.8 Å². The van der Waals surface area contributed by atoms with Gasteiger partial charge < -0.3 is 0 Å². The third kappa shape index (κ3) is 3.02. The molecule has 1 heterocycles. The number of hydrogen-bond donors (Lipinski definition) is 0. The highest BCUT2D eigenvalue weighted by atomic mass is 32.2. The van der Waals surface area contributed by atoms with Gasteiger partial charge in [0.1, 0.15) is 16.5 Å². The van der Waals surface area contributed by atoms with Crippen molar-refractivity contribution < 1.29 is 17.2 Å². The van der Waals surface area contributed by atoms with Gasteiger partial charge in [0.15, 0.2) is 0 Å². The van der Waals surface area contributed by atoms with Crippen LogP contribution in [0, 0.1) is 11.6 Å². The number of benzene rings is 1. The van der Waals surface area contributed by atoms with E-state index in [9.17, 15) is 17.2 Å². The summed E-state index contributed by atoms with van der Waals surface area (Å²) in [6, 6.07) is 3.09. The maximum absolute atomic E-state index is 13.8. The normalized spacial score (nSPS) is 22.3. The molecule has 0 radical (unpaired) electrons. The zero-order valence-electron chi connectivity index (χ0n) is 12.3. The highest BCUT2D eigenvalue weighted by molar-refractivity contribution is 7.89. The molecule has 4 nitrogen and oxygen atoms in total. The molecule has 1 saturated carbocycles. The third-order valence-electron chi connectivity index (χ3n) is 4.63. The first-order chi connectivity index (χ1) is 10.5. The summed E-state index contributed by atoms with van der Waals surface area (Å²) in [6.07, 6.45) is 4.81. The van der Waals surface area contributed by atoms with Crippen molar-refractivity contribution in [3.63, 3.8) is 0 Å². The first-order valence-corrected chi connectivity index (χ1v) is 9.12. The molecular formula is C15H20F2N2O2S. The van der Waals surface area contributed by atoms with Crippen molar-refractivity contribution >= 4 is 10.0 Å². The largest absolute Gasteiger partial charge is 0.298 e. The molecule has 2 aliphatic rings. The Morgan fingerprint density at radius 2 is 1.64 bits per heavy atom. The van der Waals surface area contributed by atoms with Crippen LogP contribution in [0.3, 0.4) is 0 Å². The Bertz CT molecular complexity index is 637. The van der Waals surface area contributed by atoms with Gasteiger partial charge in [-0.3, -0.25) is 4.90 Å².